The van der Waals surface area contributed by atoms with Crippen LogP contribution in [0, 0.1) is 0 Å². The summed E-state index contributed by atoms with van der Waals surface area (Å²) < 4.78 is 0. The SMILES string of the molecule is CN1CC[C@]2(c3cccc4c3N[C@H]3N(C)CC[C@@]43c3cccc4c3N[C@H]3N(C)CC[C@@]43[C@]34CCN(C)[C@H]3Nc3ccccc34)c3ccccc3N[C@H]12. The molecule has 4 aromatic rings. The first-order chi connectivity index (χ1) is 25.4. The molecular formula is C44H50N8. The van der Waals surface area contributed by atoms with E-state index >= 15 is 0 Å². The number of hydrogen-bond donors (Lipinski definition) is 4. The summed E-state index contributed by atoms with van der Waals surface area (Å²) >= 11 is 0. The molecule has 0 saturated carbocycles. The van der Waals surface area contributed by atoms with Crippen LogP contribution >= 0.6 is 0 Å². The van der Waals surface area contributed by atoms with Crippen molar-refractivity contribution < 1.29 is 0 Å². The largest absolute Gasteiger partial charge is 0.369 e. The smallest absolute Gasteiger partial charge is 0.0933 e. The van der Waals surface area contributed by atoms with E-state index in [1.165, 1.54) is 56.1 Å². The van der Waals surface area contributed by atoms with Crippen LogP contribution < -0.4 is 21.3 Å². The molecule has 0 bridgehead atoms. The summed E-state index contributed by atoms with van der Waals surface area (Å²) in [5, 5.41) is 16.7. The summed E-state index contributed by atoms with van der Waals surface area (Å²) in [5.74, 6) is 0. The first-order valence-electron chi connectivity index (χ1n) is 19.7. The van der Waals surface area contributed by atoms with Gasteiger partial charge in [0.2, 0.25) is 0 Å². The quantitative estimate of drug-likeness (QED) is 0.216. The number of nitrogens with zero attached hydrogens (tertiary/aromatic N) is 4. The Bertz CT molecular complexity index is 2180. The molecule has 8 aliphatic rings. The van der Waals surface area contributed by atoms with Crippen LogP contribution in [0.15, 0.2) is 84.9 Å². The number of anilines is 4. The molecule has 52 heavy (non-hydrogen) atoms. The molecule has 0 spiro atoms. The molecule has 8 atom stereocenters. The molecule has 4 saturated heterocycles. The van der Waals surface area contributed by atoms with E-state index in [-0.39, 0.29) is 46.3 Å². The lowest BCUT2D eigenvalue weighted by molar-refractivity contribution is 0.147. The predicted molar refractivity (Wildman–Crippen MR) is 209 cm³/mol. The number of likely N-dealkylation sites (N-methyl/N-ethyl adjacent to an activating group) is 4. The molecular weight excluding hydrogens is 641 g/mol. The van der Waals surface area contributed by atoms with Gasteiger partial charge in [-0.15, -0.1) is 0 Å². The average Bonchev–Trinajstić information content (AvgIpc) is 4.03. The van der Waals surface area contributed by atoms with Gasteiger partial charge in [0.25, 0.3) is 0 Å². The minimum Gasteiger partial charge on any atom is -0.369 e. The number of likely N-dealkylation sites (tertiary alicyclic amines) is 4. The van der Waals surface area contributed by atoms with Gasteiger partial charge in [0, 0.05) is 59.8 Å². The molecule has 0 aromatic heterocycles. The van der Waals surface area contributed by atoms with Crippen LogP contribution in [0.3, 0.4) is 0 Å². The van der Waals surface area contributed by atoms with Crippen LogP contribution in [0.4, 0.5) is 22.7 Å². The van der Waals surface area contributed by atoms with Crippen LogP contribution in [-0.2, 0) is 21.7 Å². The first-order valence-corrected chi connectivity index (χ1v) is 19.7. The molecule has 266 valence electrons. The second-order valence-corrected chi connectivity index (χ2v) is 17.5. The van der Waals surface area contributed by atoms with Gasteiger partial charge in [0.05, 0.1) is 35.5 Å². The van der Waals surface area contributed by atoms with Crippen molar-refractivity contribution in [3.8, 4) is 0 Å². The van der Waals surface area contributed by atoms with Crippen molar-refractivity contribution in [1.29, 1.82) is 0 Å². The second-order valence-electron chi connectivity index (χ2n) is 17.5. The topological polar surface area (TPSA) is 61.1 Å². The van der Waals surface area contributed by atoms with Gasteiger partial charge >= 0.3 is 0 Å². The molecule has 0 amide bonds. The van der Waals surface area contributed by atoms with E-state index in [9.17, 15) is 0 Å². The van der Waals surface area contributed by atoms with E-state index in [0.717, 1.165) is 51.9 Å². The maximum atomic E-state index is 4.36. The number of fused-ring (bicyclic) bond motifs is 13. The molecule has 8 heterocycles. The maximum Gasteiger partial charge on any atom is 0.0933 e. The fraction of sp³-hybridized carbons (Fsp3) is 0.455. The van der Waals surface area contributed by atoms with E-state index in [1.54, 1.807) is 0 Å². The highest BCUT2D eigenvalue weighted by atomic mass is 15.4. The van der Waals surface area contributed by atoms with Crippen LogP contribution in [0.25, 0.3) is 0 Å². The molecule has 0 aliphatic carbocycles. The highest BCUT2D eigenvalue weighted by Gasteiger charge is 2.72. The normalized spacial score (nSPS) is 38.0. The number of nitrogens with one attached hydrogen (secondary N) is 4. The third-order valence-corrected chi connectivity index (χ3v) is 15.9. The van der Waals surface area contributed by atoms with Crippen molar-refractivity contribution in [3.63, 3.8) is 0 Å². The van der Waals surface area contributed by atoms with Gasteiger partial charge in [-0.25, -0.2) is 0 Å². The van der Waals surface area contributed by atoms with Gasteiger partial charge in [0.1, 0.15) is 0 Å². The zero-order valence-corrected chi connectivity index (χ0v) is 30.8. The molecule has 12 rings (SSSR count). The summed E-state index contributed by atoms with van der Waals surface area (Å²) in [7, 11) is 9.31. The van der Waals surface area contributed by atoms with Crippen LogP contribution in [0.1, 0.15) is 59.1 Å². The number of hydrogen-bond acceptors (Lipinski definition) is 8. The number of para-hydroxylation sites is 4. The predicted octanol–water partition coefficient (Wildman–Crippen LogP) is 5.78. The lowest BCUT2D eigenvalue weighted by atomic mass is 9.54. The zero-order valence-electron chi connectivity index (χ0n) is 30.8. The van der Waals surface area contributed by atoms with Gasteiger partial charge in [-0.1, -0.05) is 72.8 Å². The lowest BCUT2D eigenvalue weighted by Gasteiger charge is -2.48. The van der Waals surface area contributed by atoms with Crippen molar-refractivity contribution in [1.82, 2.24) is 19.6 Å². The van der Waals surface area contributed by atoms with Gasteiger partial charge in [-0.05, 0) is 99.4 Å². The molecule has 8 heteroatoms. The first kappa shape index (κ1) is 30.4. The Morgan fingerprint density at radius 3 is 1.44 bits per heavy atom. The van der Waals surface area contributed by atoms with Crippen molar-refractivity contribution >= 4 is 22.7 Å². The van der Waals surface area contributed by atoms with Gasteiger partial charge < -0.3 is 21.3 Å². The summed E-state index contributed by atoms with van der Waals surface area (Å²) in [6.07, 6.45) is 5.43. The minimum atomic E-state index is -0.172. The van der Waals surface area contributed by atoms with Crippen LogP contribution in [0.5, 0.6) is 0 Å². The third kappa shape index (κ3) is 3.17. The molecule has 4 N–H and O–H groups in total. The fourth-order valence-corrected chi connectivity index (χ4v) is 13.8. The molecule has 0 unspecified atom stereocenters. The van der Waals surface area contributed by atoms with Crippen LogP contribution in [-0.4, -0.2) is 98.6 Å². The Morgan fingerprint density at radius 1 is 0.404 bits per heavy atom. The highest BCUT2D eigenvalue weighted by Crippen LogP contribution is 2.68. The molecule has 8 aliphatic heterocycles. The van der Waals surface area contributed by atoms with Gasteiger partial charge in [-0.2, -0.15) is 0 Å². The minimum absolute atomic E-state index is 0.0290. The molecule has 4 fully saturated rings. The summed E-state index contributed by atoms with van der Waals surface area (Å²) in [4.78, 5) is 10.3. The van der Waals surface area contributed by atoms with Crippen molar-refractivity contribution in [2.75, 3.05) is 75.6 Å². The van der Waals surface area contributed by atoms with E-state index < -0.39 is 0 Å². The monoisotopic (exact) mass is 690 g/mol. The van der Waals surface area contributed by atoms with E-state index in [2.05, 4.69) is 154 Å². The standard InChI is InChI=1S/C44H50N8/c1-49-23-19-41(27-11-5-7-17-33(27)45-37(41)49)29-13-9-14-30-35(29)47-38-42(30,20-24-50(38)2)31-15-10-16-32-36(31)48-40-44(32,22-26-52(40)4)43-21-25-51(3)39(43)46-34-18-8-6-12-28(34)43/h5-18,37-40,45-48H,19-26H2,1-4H3/t37-,38+,39-,40+,41-,42+,43+,44-/m1/s1. The van der Waals surface area contributed by atoms with E-state index in [0.29, 0.717) is 0 Å². The zero-order chi connectivity index (χ0) is 34.8. The van der Waals surface area contributed by atoms with Crippen LogP contribution in [0.2, 0.25) is 0 Å². The third-order valence-electron chi connectivity index (χ3n) is 15.9. The van der Waals surface area contributed by atoms with Crippen molar-refractivity contribution in [3.05, 3.63) is 118 Å². The Kier molecular flexibility index (Phi) is 5.79. The second kappa shape index (κ2) is 9.91. The fourth-order valence-electron chi connectivity index (χ4n) is 13.8. The number of benzene rings is 4. The number of rotatable bonds is 3. The maximum absolute atomic E-state index is 4.36. The summed E-state index contributed by atoms with van der Waals surface area (Å²) in [6, 6.07) is 33.0. The Hall–Kier alpha value is -4.08. The highest BCUT2D eigenvalue weighted by molar-refractivity contribution is 5.81. The molecule has 0 radical (unpaired) electrons. The molecule has 8 nitrogen and oxygen atoms in total. The Balaban J connectivity index is 1.08. The van der Waals surface area contributed by atoms with E-state index in [4.69, 9.17) is 0 Å². The van der Waals surface area contributed by atoms with Crippen molar-refractivity contribution in [2.45, 2.75) is 72.0 Å². The molecule has 4 aromatic carbocycles. The Morgan fingerprint density at radius 2 is 0.788 bits per heavy atom. The summed E-state index contributed by atoms with van der Waals surface area (Å²) in [5.41, 5.74) is 13.9. The van der Waals surface area contributed by atoms with Crippen molar-refractivity contribution in [2.24, 2.45) is 0 Å². The Labute approximate surface area is 307 Å². The lowest BCUT2D eigenvalue weighted by Crippen LogP contribution is -2.60. The van der Waals surface area contributed by atoms with Gasteiger partial charge in [-0.3, -0.25) is 19.6 Å². The average molecular weight is 691 g/mol. The van der Waals surface area contributed by atoms with Gasteiger partial charge in [0.15, 0.2) is 0 Å². The summed E-state index contributed by atoms with van der Waals surface area (Å²) in [6.45, 7) is 4.34. The van der Waals surface area contributed by atoms with E-state index in [1.807, 2.05) is 0 Å².